The van der Waals surface area contributed by atoms with Crippen molar-refractivity contribution in [2.45, 2.75) is 33.0 Å². The predicted octanol–water partition coefficient (Wildman–Crippen LogP) is 2.15. The van der Waals surface area contributed by atoms with Gasteiger partial charge in [-0.25, -0.2) is 4.98 Å². The third-order valence-electron chi connectivity index (χ3n) is 5.44. The molecule has 3 aromatic heterocycles. The van der Waals surface area contributed by atoms with Crippen LogP contribution in [0.1, 0.15) is 30.0 Å². The first kappa shape index (κ1) is 21.2. The molecule has 31 heavy (non-hydrogen) atoms. The first-order chi connectivity index (χ1) is 14.9. The molecule has 164 valence electrons. The fourth-order valence-electron chi connectivity index (χ4n) is 3.84. The van der Waals surface area contributed by atoms with Crippen LogP contribution in [0.15, 0.2) is 29.2 Å². The molecular weight excluding hydrogens is 420 g/mol. The maximum Gasteiger partial charge on any atom is 0.274 e. The first-order valence-electron chi connectivity index (χ1n) is 10.2. The lowest BCUT2D eigenvalue weighted by Crippen LogP contribution is -2.46. The van der Waals surface area contributed by atoms with Crippen LogP contribution in [-0.4, -0.2) is 56.1 Å². The molecule has 4 N–H and O–H groups in total. The molecular formula is C21H25ClN6O3. The number of rotatable bonds is 7. The van der Waals surface area contributed by atoms with Crippen molar-refractivity contribution in [1.29, 1.82) is 0 Å². The summed E-state index contributed by atoms with van der Waals surface area (Å²) < 4.78 is 1.73. The van der Waals surface area contributed by atoms with Gasteiger partial charge in [-0.15, -0.1) is 0 Å². The number of carbonyl (C=O) groups is 1. The molecule has 0 saturated carbocycles. The number of hydrogen-bond acceptors (Lipinski definition) is 6. The van der Waals surface area contributed by atoms with Crippen LogP contribution in [0.25, 0.3) is 10.9 Å². The lowest BCUT2D eigenvalue weighted by molar-refractivity contribution is 0.0639. The van der Waals surface area contributed by atoms with Gasteiger partial charge in [0.2, 0.25) is 5.43 Å². The molecule has 3 aromatic rings. The van der Waals surface area contributed by atoms with Gasteiger partial charge in [0.1, 0.15) is 11.0 Å². The second-order valence-corrected chi connectivity index (χ2v) is 8.14. The van der Waals surface area contributed by atoms with Crippen LogP contribution in [0.5, 0.6) is 5.75 Å². The smallest absolute Gasteiger partial charge is 0.274 e. The van der Waals surface area contributed by atoms with Crippen LogP contribution >= 0.6 is 11.6 Å². The minimum absolute atomic E-state index is 0.00378. The summed E-state index contributed by atoms with van der Waals surface area (Å²) in [6.45, 7) is 6.47. The summed E-state index contributed by atoms with van der Waals surface area (Å²) in [4.78, 5) is 34.1. The number of aromatic nitrogens is 3. The normalized spacial score (nSPS) is 13.8. The van der Waals surface area contributed by atoms with Crippen LogP contribution in [-0.2, 0) is 13.1 Å². The van der Waals surface area contributed by atoms with E-state index in [0.29, 0.717) is 49.4 Å². The van der Waals surface area contributed by atoms with Crippen LogP contribution in [0.4, 0.5) is 5.82 Å². The van der Waals surface area contributed by atoms with Gasteiger partial charge >= 0.3 is 0 Å². The maximum absolute atomic E-state index is 12.8. The molecule has 1 aliphatic rings. The average Bonchev–Trinajstić information content (AvgIpc) is 3.20. The van der Waals surface area contributed by atoms with Crippen molar-refractivity contribution in [3.05, 3.63) is 51.2 Å². The summed E-state index contributed by atoms with van der Waals surface area (Å²) in [5, 5.41) is 18.0. The number of nitrogens with zero attached hydrogens (tertiary/aromatic N) is 3. The van der Waals surface area contributed by atoms with Gasteiger partial charge in [0.05, 0.1) is 5.52 Å². The summed E-state index contributed by atoms with van der Waals surface area (Å²) in [5.41, 5.74) is 1.10. The number of H-pyrrole nitrogens is 1. The zero-order valence-corrected chi connectivity index (χ0v) is 18.2. The lowest BCUT2D eigenvalue weighted by atomic mass is 10.1. The fourth-order valence-corrected chi connectivity index (χ4v) is 4.10. The Kier molecular flexibility index (Phi) is 5.88. The number of aromatic hydroxyl groups is 1. The number of aromatic amines is 1. The third kappa shape index (κ3) is 4.11. The molecule has 0 saturated heterocycles. The standard InChI is InChI=1S/C21H25ClN6O3/c1-12(2)27-7-8-28-13(9-16(29)19(30)18(28)21(27)31)11-23-5-6-25-17-10-15-14(3-4-24-15)20(22)26-17/h3-4,9-10,12,23-24,30H,5-8,11H2,1-2H3,(H,25,26). The van der Waals surface area contributed by atoms with Crippen LogP contribution in [0, 0.1) is 0 Å². The van der Waals surface area contributed by atoms with E-state index < -0.39 is 11.2 Å². The zero-order valence-electron chi connectivity index (χ0n) is 17.4. The molecule has 1 amide bonds. The van der Waals surface area contributed by atoms with E-state index in [4.69, 9.17) is 11.6 Å². The molecule has 9 nitrogen and oxygen atoms in total. The molecule has 0 aromatic carbocycles. The second-order valence-electron chi connectivity index (χ2n) is 7.78. The van der Waals surface area contributed by atoms with Gasteiger partial charge < -0.3 is 30.2 Å². The molecule has 0 bridgehead atoms. The number of amides is 1. The highest BCUT2D eigenvalue weighted by molar-refractivity contribution is 6.34. The number of hydrogen-bond donors (Lipinski definition) is 4. The molecule has 0 spiro atoms. The summed E-state index contributed by atoms with van der Waals surface area (Å²) >= 11 is 6.19. The Hall–Kier alpha value is -3.04. The molecule has 0 fully saturated rings. The molecule has 10 heteroatoms. The molecule has 0 atom stereocenters. The summed E-state index contributed by atoms with van der Waals surface area (Å²) in [5.74, 6) is -0.134. The summed E-state index contributed by atoms with van der Waals surface area (Å²) in [6.07, 6.45) is 1.81. The van der Waals surface area contributed by atoms with E-state index in [2.05, 4.69) is 20.6 Å². The lowest BCUT2D eigenvalue weighted by Gasteiger charge is -2.34. The van der Waals surface area contributed by atoms with E-state index in [1.54, 1.807) is 9.47 Å². The largest absolute Gasteiger partial charge is 0.503 e. The molecule has 0 radical (unpaired) electrons. The minimum atomic E-state index is -0.543. The first-order valence-corrected chi connectivity index (χ1v) is 10.6. The second kappa shape index (κ2) is 8.60. The SMILES string of the molecule is CC(C)N1CCn2c(CNCCNc3cc4[nH]ccc4c(Cl)n3)cc(=O)c(O)c2C1=O. The van der Waals surface area contributed by atoms with Gasteiger partial charge in [-0.2, -0.15) is 0 Å². The van der Waals surface area contributed by atoms with Crippen molar-refractivity contribution in [2.75, 3.05) is 25.0 Å². The third-order valence-corrected chi connectivity index (χ3v) is 5.73. The van der Waals surface area contributed by atoms with E-state index in [1.807, 2.05) is 32.2 Å². The van der Waals surface area contributed by atoms with Crippen LogP contribution in [0.3, 0.4) is 0 Å². The van der Waals surface area contributed by atoms with Gasteiger partial charge in [0.25, 0.3) is 5.91 Å². The highest BCUT2D eigenvalue weighted by atomic mass is 35.5. The molecule has 0 unspecified atom stereocenters. The molecule has 1 aliphatic heterocycles. The number of carbonyl (C=O) groups excluding carboxylic acids is 1. The number of fused-ring (bicyclic) bond motifs is 2. The monoisotopic (exact) mass is 444 g/mol. The topological polar surface area (TPSA) is 115 Å². The quantitative estimate of drug-likeness (QED) is 0.328. The molecule has 0 aliphatic carbocycles. The Balaban J connectivity index is 1.40. The van der Waals surface area contributed by atoms with Crippen molar-refractivity contribution < 1.29 is 9.90 Å². The van der Waals surface area contributed by atoms with Crippen molar-refractivity contribution >= 4 is 34.2 Å². The van der Waals surface area contributed by atoms with E-state index in [0.717, 1.165) is 10.9 Å². The zero-order chi connectivity index (χ0) is 22.1. The van der Waals surface area contributed by atoms with Gasteiger partial charge in [0.15, 0.2) is 11.4 Å². The Morgan fingerprint density at radius 1 is 1.26 bits per heavy atom. The van der Waals surface area contributed by atoms with E-state index in [1.165, 1.54) is 6.07 Å². The highest BCUT2D eigenvalue weighted by Gasteiger charge is 2.31. The Morgan fingerprint density at radius 2 is 2.06 bits per heavy atom. The number of anilines is 1. The number of nitrogens with one attached hydrogen (secondary N) is 3. The highest BCUT2D eigenvalue weighted by Crippen LogP contribution is 2.24. The molecule has 4 heterocycles. The van der Waals surface area contributed by atoms with Crippen molar-refractivity contribution in [2.24, 2.45) is 0 Å². The fraction of sp³-hybridized carbons (Fsp3) is 0.381. The number of pyridine rings is 2. The summed E-state index contributed by atoms with van der Waals surface area (Å²) in [7, 11) is 0. The Morgan fingerprint density at radius 3 is 2.84 bits per heavy atom. The number of halogens is 1. The van der Waals surface area contributed by atoms with E-state index in [9.17, 15) is 14.7 Å². The van der Waals surface area contributed by atoms with Gasteiger partial charge in [-0.05, 0) is 19.9 Å². The van der Waals surface area contributed by atoms with Crippen LogP contribution < -0.4 is 16.1 Å². The minimum Gasteiger partial charge on any atom is -0.503 e. The van der Waals surface area contributed by atoms with Crippen molar-refractivity contribution in [3.8, 4) is 5.75 Å². The summed E-state index contributed by atoms with van der Waals surface area (Å²) in [6, 6.07) is 5.15. The van der Waals surface area contributed by atoms with Crippen LogP contribution in [0.2, 0.25) is 5.15 Å². The van der Waals surface area contributed by atoms with Gasteiger partial charge in [0, 0.05) is 68.2 Å². The van der Waals surface area contributed by atoms with Gasteiger partial charge in [-0.3, -0.25) is 9.59 Å². The van der Waals surface area contributed by atoms with Crippen molar-refractivity contribution in [3.63, 3.8) is 0 Å². The molecule has 4 rings (SSSR count). The van der Waals surface area contributed by atoms with Gasteiger partial charge in [-0.1, -0.05) is 11.6 Å². The Bertz CT molecular complexity index is 1190. The Labute approximate surface area is 184 Å². The maximum atomic E-state index is 12.8. The van der Waals surface area contributed by atoms with Crippen molar-refractivity contribution in [1.82, 2.24) is 24.8 Å². The predicted molar refractivity (Wildman–Crippen MR) is 120 cm³/mol. The van der Waals surface area contributed by atoms with E-state index in [-0.39, 0.29) is 17.6 Å². The average molecular weight is 445 g/mol. The van der Waals surface area contributed by atoms with E-state index >= 15 is 0 Å².